The molecule has 0 atom stereocenters. The van der Waals surface area contributed by atoms with E-state index in [0.717, 1.165) is 6.26 Å². The molecular formula is C31H25N5O4S. The smallest absolute Gasteiger partial charge is 0.263 e. The summed E-state index contributed by atoms with van der Waals surface area (Å²) in [4.78, 5) is 39.8. The lowest BCUT2D eigenvalue weighted by molar-refractivity contribution is -0.132. The maximum atomic E-state index is 14.6. The summed E-state index contributed by atoms with van der Waals surface area (Å²) in [5, 5.41) is 9.13. The van der Waals surface area contributed by atoms with Crippen molar-refractivity contribution in [1.82, 2.24) is 19.8 Å². The highest BCUT2D eigenvalue weighted by Gasteiger charge is 2.56. The molecule has 1 aliphatic rings. The number of carbonyl (C=O) groups excluding carboxylic acids is 2. The number of nitriles is 1. The summed E-state index contributed by atoms with van der Waals surface area (Å²) < 4.78 is 24.0. The van der Waals surface area contributed by atoms with Crippen LogP contribution < -0.4 is 0 Å². The number of hydrogen-bond donors (Lipinski definition) is 0. The first-order chi connectivity index (χ1) is 19.7. The average molecular weight is 564 g/mol. The van der Waals surface area contributed by atoms with Crippen LogP contribution in [0.1, 0.15) is 32.6 Å². The molecule has 0 aliphatic carbocycles. The van der Waals surface area contributed by atoms with Gasteiger partial charge >= 0.3 is 0 Å². The van der Waals surface area contributed by atoms with E-state index in [1.807, 2.05) is 6.07 Å². The Hall–Kier alpha value is -5.14. The molecule has 1 aliphatic heterocycles. The van der Waals surface area contributed by atoms with Crippen molar-refractivity contribution in [2.24, 2.45) is 0 Å². The molecule has 4 aromatic rings. The monoisotopic (exact) mass is 563 g/mol. The lowest BCUT2D eigenvalue weighted by Gasteiger charge is -2.35. The van der Waals surface area contributed by atoms with Crippen LogP contribution in [0.4, 0.5) is 0 Å². The van der Waals surface area contributed by atoms with Crippen LogP contribution in [0.25, 0.3) is 0 Å². The predicted molar refractivity (Wildman–Crippen MR) is 151 cm³/mol. The first kappa shape index (κ1) is 27.4. The van der Waals surface area contributed by atoms with Crippen molar-refractivity contribution in [3.8, 4) is 6.07 Å². The van der Waals surface area contributed by atoms with E-state index in [1.165, 1.54) is 23.1 Å². The minimum Gasteiger partial charge on any atom is -0.339 e. The first-order valence-electron chi connectivity index (χ1n) is 12.6. The molecular weight excluding hydrogens is 538 g/mol. The van der Waals surface area contributed by atoms with Crippen LogP contribution in [0.15, 0.2) is 114 Å². The van der Waals surface area contributed by atoms with Gasteiger partial charge in [-0.1, -0.05) is 12.1 Å². The fourth-order valence-electron chi connectivity index (χ4n) is 5.04. The summed E-state index contributed by atoms with van der Waals surface area (Å²) in [5.41, 5.74) is 1.43. The van der Waals surface area contributed by atoms with Crippen LogP contribution in [0.3, 0.4) is 0 Å². The molecule has 0 unspecified atom stereocenters. The van der Waals surface area contributed by atoms with Gasteiger partial charge in [0.25, 0.3) is 5.91 Å². The Morgan fingerprint density at radius 1 is 0.902 bits per heavy atom. The predicted octanol–water partition coefficient (Wildman–Crippen LogP) is 3.69. The third-order valence-corrected chi connectivity index (χ3v) is 8.25. The largest absolute Gasteiger partial charge is 0.339 e. The minimum atomic E-state index is -3.40. The standard InChI is InChI=1S/C31H25N5O4S/c1-35-29(19-28(37)24-7-3-22(20-32)4-8-24)36(21-23-5-9-27(10-6-23)41(2,39)40)30(38)31(35,25-11-15-33-16-12-25)26-13-17-34-18-14-26/h3-19H,21H2,1-2H3. The van der Waals surface area contributed by atoms with Gasteiger partial charge in [0.2, 0.25) is 0 Å². The Bertz CT molecular complexity index is 1740. The van der Waals surface area contributed by atoms with Crippen molar-refractivity contribution >= 4 is 21.5 Å². The van der Waals surface area contributed by atoms with E-state index in [0.29, 0.717) is 33.6 Å². The molecule has 0 spiro atoms. The zero-order valence-electron chi connectivity index (χ0n) is 22.3. The van der Waals surface area contributed by atoms with E-state index in [4.69, 9.17) is 5.26 Å². The lowest BCUT2D eigenvalue weighted by Crippen LogP contribution is -2.45. The van der Waals surface area contributed by atoms with Crippen LogP contribution in [0.5, 0.6) is 0 Å². The Balaban J connectivity index is 1.67. The molecule has 0 bridgehead atoms. The highest BCUT2D eigenvalue weighted by Crippen LogP contribution is 2.46. The summed E-state index contributed by atoms with van der Waals surface area (Å²) >= 11 is 0. The Morgan fingerprint density at radius 2 is 1.44 bits per heavy atom. The van der Waals surface area contributed by atoms with Crippen LogP contribution >= 0.6 is 0 Å². The summed E-state index contributed by atoms with van der Waals surface area (Å²) in [6.45, 7) is 0.0810. The van der Waals surface area contributed by atoms with Crippen molar-refractivity contribution in [1.29, 1.82) is 5.26 Å². The Morgan fingerprint density at radius 3 is 1.93 bits per heavy atom. The van der Waals surface area contributed by atoms with Gasteiger partial charge in [-0.3, -0.25) is 24.5 Å². The zero-order valence-corrected chi connectivity index (χ0v) is 23.1. The number of sulfone groups is 1. The van der Waals surface area contributed by atoms with Gasteiger partial charge in [-0.2, -0.15) is 5.26 Å². The van der Waals surface area contributed by atoms with Crippen molar-refractivity contribution in [2.75, 3.05) is 13.3 Å². The summed E-state index contributed by atoms with van der Waals surface area (Å²) in [7, 11) is -1.64. The Labute approximate surface area is 237 Å². The maximum Gasteiger partial charge on any atom is 0.263 e. The topological polar surface area (TPSA) is 124 Å². The van der Waals surface area contributed by atoms with Gasteiger partial charge in [0.05, 0.1) is 23.1 Å². The van der Waals surface area contributed by atoms with Gasteiger partial charge in [0.1, 0.15) is 5.82 Å². The van der Waals surface area contributed by atoms with Gasteiger partial charge < -0.3 is 4.90 Å². The molecule has 204 valence electrons. The van der Waals surface area contributed by atoms with E-state index in [2.05, 4.69) is 9.97 Å². The Kier molecular flexibility index (Phi) is 7.22. The number of benzene rings is 2. The third kappa shape index (κ3) is 4.99. The number of amides is 1. The van der Waals surface area contributed by atoms with Gasteiger partial charge in [0, 0.05) is 49.7 Å². The van der Waals surface area contributed by atoms with Crippen molar-refractivity contribution in [2.45, 2.75) is 17.0 Å². The van der Waals surface area contributed by atoms with E-state index >= 15 is 0 Å². The molecule has 5 rings (SSSR count). The molecule has 9 nitrogen and oxygen atoms in total. The normalized spacial score (nSPS) is 15.6. The SMILES string of the molecule is CN1C(=CC(=O)c2ccc(C#N)cc2)N(Cc2ccc(S(C)(=O)=O)cc2)C(=O)C1(c1ccncc1)c1ccncc1. The molecule has 41 heavy (non-hydrogen) atoms. The van der Waals surface area contributed by atoms with E-state index in [9.17, 15) is 18.0 Å². The molecule has 10 heteroatoms. The number of aromatic nitrogens is 2. The van der Waals surface area contributed by atoms with Gasteiger partial charge in [-0.15, -0.1) is 0 Å². The summed E-state index contributed by atoms with van der Waals surface area (Å²) in [6, 6.07) is 21.7. The quantitative estimate of drug-likeness (QED) is 0.246. The number of allylic oxidation sites excluding steroid dienone is 1. The summed E-state index contributed by atoms with van der Waals surface area (Å²) in [5.74, 6) is -0.296. The molecule has 0 saturated carbocycles. The molecule has 1 amide bonds. The third-order valence-electron chi connectivity index (χ3n) is 7.13. The highest BCUT2D eigenvalue weighted by molar-refractivity contribution is 7.90. The van der Waals surface area contributed by atoms with Gasteiger partial charge in [-0.25, -0.2) is 8.42 Å². The summed E-state index contributed by atoms with van der Waals surface area (Å²) in [6.07, 6.45) is 8.98. The second-order valence-corrected chi connectivity index (χ2v) is 11.6. The molecule has 0 N–H and O–H groups in total. The number of ketones is 1. The van der Waals surface area contributed by atoms with Crippen LogP contribution in [0, 0.1) is 11.3 Å². The van der Waals surface area contributed by atoms with E-state index in [-0.39, 0.29) is 23.1 Å². The highest BCUT2D eigenvalue weighted by atomic mass is 32.2. The maximum absolute atomic E-state index is 14.6. The molecule has 2 aromatic heterocycles. The second kappa shape index (κ2) is 10.8. The molecule has 0 radical (unpaired) electrons. The molecule has 2 aromatic carbocycles. The van der Waals surface area contributed by atoms with Gasteiger partial charge in [-0.05, 0) is 77.4 Å². The number of pyridine rings is 2. The van der Waals surface area contributed by atoms with E-state index in [1.54, 1.807) is 97.4 Å². The first-order valence-corrected chi connectivity index (χ1v) is 14.5. The van der Waals surface area contributed by atoms with Crippen molar-refractivity contribution in [3.05, 3.63) is 137 Å². The van der Waals surface area contributed by atoms with Crippen LogP contribution in [-0.2, 0) is 26.7 Å². The number of likely N-dealkylation sites (N-methyl/N-ethyl adjacent to an activating group) is 1. The molecule has 1 fully saturated rings. The van der Waals surface area contributed by atoms with E-state index < -0.39 is 15.4 Å². The fraction of sp³-hybridized carbons (Fsp3) is 0.129. The second-order valence-electron chi connectivity index (χ2n) is 9.60. The lowest BCUT2D eigenvalue weighted by atomic mass is 9.82. The number of nitrogens with zero attached hydrogens (tertiary/aromatic N) is 5. The zero-order chi connectivity index (χ0) is 29.2. The number of carbonyl (C=O) groups is 2. The number of rotatable bonds is 7. The fourth-order valence-corrected chi connectivity index (χ4v) is 5.68. The average Bonchev–Trinajstić information content (AvgIpc) is 3.19. The van der Waals surface area contributed by atoms with Crippen molar-refractivity contribution < 1.29 is 18.0 Å². The number of hydrogen-bond acceptors (Lipinski definition) is 8. The molecule has 1 saturated heterocycles. The van der Waals surface area contributed by atoms with Gasteiger partial charge in [0.15, 0.2) is 21.2 Å². The van der Waals surface area contributed by atoms with Crippen LogP contribution in [0.2, 0.25) is 0 Å². The molecule has 3 heterocycles. The van der Waals surface area contributed by atoms with Crippen molar-refractivity contribution in [3.63, 3.8) is 0 Å². The van der Waals surface area contributed by atoms with Crippen LogP contribution in [-0.4, -0.2) is 53.2 Å². The minimum absolute atomic E-state index is 0.0810.